The van der Waals surface area contributed by atoms with Crippen LogP contribution in [0.2, 0.25) is 0 Å². The summed E-state index contributed by atoms with van der Waals surface area (Å²) in [5, 5.41) is 0. The highest BCUT2D eigenvalue weighted by molar-refractivity contribution is 7.52. The Morgan fingerprint density at radius 3 is 2.53 bits per heavy atom. The highest BCUT2D eigenvalue weighted by Crippen LogP contribution is 2.59. The molecule has 0 unspecified atom stereocenters. The van der Waals surface area contributed by atoms with Crippen LogP contribution in [0.4, 0.5) is 4.79 Å². The van der Waals surface area contributed by atoms with Crippen molar-refractivity contribution in [3.8, 4) is 0 Å². The van der Waals surface area contributed by atoms with Crippen LogP contribution in [0.5, 0.6) is 0 Å². The summed E-state index contributed by atoms with van der Waals surface area (Å²) in [5.41, 5.74) is -0.260. The summed E-state index contributed by atoms with van der Waals surface area (Å²) in [7, 11) is -2.56. The van der Waals surface area contributed by atoms with Gasteiger partial charge in [-0.3, -0.25) is 4.57 Å². The maximum Gasteiger partial charge on any atom is 0.410 e. The SMILES string of the molecule is CO[C@@H]1[C@H](OC(=O)N2CC(P(=O)(O)O)C2)CC[C@]2(CO2)[C@H]1[C@@]1(C)O[C@@H]1CC=C(C)C. The van der Waals surface area contributed by atoms with Crippen molar-refractivity contribution in [3.63, 3.8) is 0 Å². The highest BCUT2D eigenvalue weighted by Gasteiger charge is 2.72. The summed E-state index contributed by atoms with van der Waals surface area (Å²) in [6.07, 6.45) is 3.06. The largest absolute Gasteiger partial charge is 0.443 e. The number of likely N-dealkylation sites (tertiary alicyclic amines) is 1. The van der Waals surface area contributed by atoms with E-state index in [4.69, 9.17) is 18.9 Å². The van der Waals surface area contributed by atoms with Gasteiger partial charge < -0.3 is 33.6 Å². The monoisotopic (exact) mass is 445 g/mol. The normalized spacial score (nSPS) is 40.7. The number of hydrogen-bond acceptors (Lipinski definition) is 6. The first-order valence-electron chi connectivity index (χ1n) is 10.5. The van der Waals surface area contributed by atoms with Gasteiger partial charge in [0.25, 0.3) is 0 Å². The first kappa shape index (κ1) is 22.2. The molecule has 10 heteroatoms. The van der Waals surface area contributed by atoms with E-state index in [1.807, 2.05) is 0 Å². The Hall–Kier alpha value is -0.960. The van der Waals surface area contributed by atoms with E-state index in [1.54, 1.807) is 7.11 Å². The van der Waals surface area contributed by atoms with E-state index in [2.05, 4.69) is 26.8 Å². The number of amides is 1. The fourth-order valence-electron chi connectivity index (χ4n) is 5.09. The van der Waals surface area contributed by atoms with Crippen molar-refractivity contribution >= 4 is 13.7 Å². The van der Waals surface area contributed by atoms with Crippen LogP contribution in [-0.4, -0.2) is 82.8 Å². The van der Waals surface area contributed by atoms with Gasteiger partial charge in [0.15, 0.2) is 0 Å². The third kappa shape index (κ3) is 3.96. The van der Waals surface area contributed by atoms with Gasteiger partial charge in [-0.05, 0) is 40.0 Å². The van der Waals surface area contributed by atoms with E-state index in [1.165, 1.54) is 10.5 Å². The predicted octanol–water partition coefficient (Wildman–Crippen LogP) is 2.06. The molecular formula is C20H32NO8P. The number of carbonyl (C=O) groups excluding carboxylic acids is 1. The molecule has 4 rings (SSSR count). The first-order valence-corrected chi connectivity index (χ1v) is 12.2. The molecule has 4 aliphatic rings. The Morgan fingerprint density at radius 2 is 2.00 bits per heavy atom. The standard InChI is InChI=1S/C20H32NO8P/c1-12(2)5-6-15-19(3,29-15)17-16(26-4)14(7-8-20(17)11-27-20)28-18(22)21-9-13(10-21)30(23,24)25/h5,13-17H,6-11H2,1-4H3,(H2,23,24,25)/t14-,15-,16-,17-,19+,20+/m1/s1. The number of nitrogens with zero attached hydrogens (tertiary/aromatic N) is 1. The third-order valence-corrected chi connectivity index (χ3v) is 8.36. The smallest absolute Gasteiger partial charge is 0.410 e. The van der Waals surface area contributed by atoms with Crippen LogP contribution >= 0.6 is 7.60 Å². The Kier molecular flexibility index (Phi) is 5.61. The average molecular weight is 445 g/mol. The molecule has 3 aliphatic heterocycles. The van der Waals surface area contributed by atoms with E-state index in [0.29, 0.717) is 13.0 Å². The number of hydrogen-bond donors (Lipinski definition) is 2. The third-order valence-electron chi connectivity index (χ3n) is 7.09. The first-order chi connectivity index (χ1) is 14.0. The predicted molar refractivity (Wildman–Crippen MR) is 107 cm³/mol. The van der Waals surface area contributed by atoms with E-state index in [9.17, 15) is 19.1 Å². The molecule has 3 saturated heterocycles. The van der Waals surface area contributed by atoms with E-state index < -0.39 is 31.1 Å². The van der Waals surface area contributed by atoms with Crippen molar-refractivity contribution in [1.82, 2.24) is 4.90 Å². The van der Waals surface area contributed by atoms with Gasteiger partial charge in [0.05, 0.1) is 24.3 Å². The molecule has 1 spiro atoms. The molecule has 0 aromatic heterocycles. The quantitative estimate of drug-likeness (QED) is 0.362. The van der Waals surface area contributed by atoms with Crippen LogP contribution < -0.4 is 0 Å². The zero-order chi connectivity index (χ0) is 21.9. The highest BCUT2D eigenvalue weighted by atomic mass is 31.2. The van der Waals surface area contributed by atoms with Crippen molar-refractivity contribution in [1.29, 1.82) is 0 Å². The lowest BCUT2D eigenvalue weighted by atomic mass is 9.68. The average Bonchev–Trinajstić information content (AvgIpc) is 3.50. The summed E-state index contributed by atoms with van der Waals surface area (Å²) >= 11 is 0. The van der Waals surface area contributed by atoms with Gasteiger partial charge in [0.1, 0.15) is 23.4 Å². The minimum absolute atomic E-state index is 0.00949. The molecule has 6 atom stereocenters. The number of epoxide rings is 2. The number of rotatable bonds is 6. The molecule has 1 amide bonds. The minimum atomic E-state index is -4.17. The zero-order valence-electron chi connectivity index (χ0n) is 17.9. The molecule has 0 aromatic rings. The van der Waals surface area contributed by atoms with Crippen LogP contribution in [0.25, 0.3) is 0 Å². The lowest BCUT2D eigenvalue weighted by Gasteiger charge is -2.44. The Bertz CT molecular complexity index is 767. The van der Waals surface area contributed by atoms with Gasteiger partial charge in [-0.15, -0.1) is 0 Å². The number of ether oxygens (including phenoxy) is 4. The molecule has 0 aromatic carbocycles. The molecule has 30 heavy (non-hydrogen) atoms. The lowest BCUT2D eigenvalue weighted by Crippen LogP contribution is -2.58. The van der Waals surface area contributed by atoms with Gasteiger partial charge in [0.2, 0.25) is 0 Å². The van der Waals surface area contributed by atoms with E-state index >= 15 is 0 Å². The fourth-order valence-corrected chi connectivity index (χ4v) is 5.91. The van der Waals surface area contributed by atoms with Crippen LogP contribution in [0.3, 0.4) is 0 Å². The molecule has 4 fully saturated rings. The Morgan fingerprint density at radius 1 is 1.33 bits per heavy atom. The van der Waals surface area contributed by atoms with Gasteiger partial charge in [0, 0.05) is 20.2 Å². The molecule has 1 saturated carbocycles. The second-order valence-corrected chi connectivity index (χ2v) is 11.4. The number of methoxy groups -OCH3 is 1. The van der Waals surface area contributed by atoms with Gasteiger partial charge >= 0.3 is 13.7 Å². The molecule has 0 bridgehead atoms. The van der Waals surface area contributed by atoms with Crippen molar-refractivity contribution in [2.75, 3.05) is 26.8 Å². The van der Waals surface area contributed by atoms with Crippen LogP contribution in [-0.2, 0) is 23.5 Å². The minimum Gasteiger partial charge on any atom is -0.443 e. The second kappa shape index (κ2) is 7.57. The molecule has 2 N–H and O–H groups in total. The van der Waals surface area contributed by atoms with Crippen molar-refractivity contribution in [3.05, 3.63) is 11.6 Å². The summed E-state index contributed by atoms with van der Waals surface area (Å²) in [4.78, 5) is 32.3. The molecule has 170 valence electrons. The van der Waals surface area contributed by atoms with E-state index in [0.717, 1.165) is 12.8 Å². The number of allylic oxidation sites excluding steroid dienone is 1. The van der Waals surface area contributed by atoms with E-state index in [-0.39, 0.29) is 36.8 Å². The number of carbonyl (C=O) groups is 1. The zero-order valence-corrected chi connectivity index (χ0v) is 18.8. The molecule has 0 radical (unpaired) electrons. The fraction of sp³-hybridized carbons (Fsp3) is 0.850. The molecule has 3 heterocycles. The van der Waals surface area contributed by atoms with Crippen LogP contribution in [0.15, 0.2) is 11.6 Å². The van der Waals surface area contributed by atoms with Gasteiger partial charge in [-0.1, -0.05) is 11.6 Å². The van der Waals surface area contributed by atoms with Crippen molar-refractivity contribution in [2.24, 2.45) is 5.92 Å². The summed E-state index contributed by atoms with van der Waals surface area (Å²) < 4.78 is 34.9. The molecule has 9 nitrogen and oxygen atoms in total. The Balaban J connectivity index is 1.43. The van der Waals surface area contributed by atoms with Crippen molar-refractivity contribution in [2.45, 2.75) is 75.2 Å². The molecular weight excluding hydrogens is 413 g/mol. The second-order valence-electron chi connectivity index (χ2n) is 9.45. The summed E-state index contributed by atoms with van der Waals surface area (Å²) in [6, 6.07) is 0. The van der Waals surface area contributed by atoms with Crippen LogP contribution in [0, 0.1) is 5.92 Å². The summed E-state index contributed by atoms with van der Waals surface area (Å²) in [6.45, 7) is 6.88. The lowest BCUT2D eigenvalue weighted by molar-refractivity contribution is -0.123. The van der Waals surface area contributed by atoms with Gasteiger partial charge in [-0.2, -0.15) is 0 Å². The maximum atomic E-state index is 12.5. The maximum absolute atomic E-state index is 12.5. The summed E-state index contributed by atoms with van der Waals surface area (Å²) in [5.74, 6) is -0.0589. The van der Waals surface area contributed by atoms with Crippen molar-refractivity contribution < 1.29 is 38.1 Å². The Labute approximate surface area is 176 Å². The van der Waals surface area contributed by atoms with Gasteiger partial charge in [-0.25, -0.2) is 4.79 Å². The topological polar surface area (TPSA) is 121 Å². The van der Waals surface area contributed by atoms with Crippen LogP contribution in [0.1, 0.15) is 40.0 Å². The molecule has 1 aliphatic carbocycles.